The van der Waals surface area contributed by atoms with Crippen molar-refractivity contribution >= 4 is 23.6 Å². The Balaban J connectivity index is 1.24. The summed E-state index contributed by atoms with van der Waals surface area (Å²) in [4.78, 5) is 30.9. The average Bonchev–Trinajstić information content (AvgIpc) is 3.45. The van der Waals surface area contributed by atoms with Crippen molar-refractivity contribution in [3.63, 3.8) is 0 Å². The van der Waals surface area contributed by atoms with E-state index in [-0.39, 0.29) is 11.8 Å². The van der Waals surface area contributed by atoms with Crippen LogP contribution in [0.15, 0.2) is 35.5 Å². The molecular formula is C19H25N7O2S. The van der Waals surface area contributed by atoms with Gasteiger partial charge >= 0.3 is 0 Å². The van der Waals surface area contributed by atoms with Crippen LogP contribution in [-0.2, 0) is 9.59 Å². The van der Waals surface area contributed by atoms with E-state index in [1.54, 1.807) is 4.68 Å². The fourth-order valence-corrected chi connectivity index (χ4v) is 4.42. The van der Waals surface area contributed by atoms with Gasteiger partial charge in [0.1, 0.15) is 0 Å². The summed E-state index contributed by atoms with van der Waals surface area (Å²) in [5, 5.41) is 12.4. The first-order chi connectivity index (χ1) is 14.2. The van der Waals surface area contributed by atoms with Gasteiger partial charge in [-0.2, -0.15) is 4.68 Å². The number of benzene rings is 1. The Bertz CT molecular complexity index is 830. The molecule has 1 aromatic heterocycles. The Labute approximate surface area is 174 Å². The molecule has 2 aromatic rings. The molecule has 2 fully saturated rings. The van der Waals surface area contributed by atoms with Crippen LogP contribution < -0.4 is 0 Å². The average molecular weight is 416 g/mol. The maximum absolute atomic E-state index is 12.6. The van der Waals surface area contributed by atoms with Gasteiger partial charge in [-0.3, -0.25) is 14.5 Å². The minimum Gasteiger partial charge on any atom is -0.342 e. The fraction of sp³-hybridized carbons (Fsp3) is 0.526. The van der Waals surface area contributed by atoms with Crippen molar-refractivity contribution < 1.29 is 9.59 Å². The third kappa shape index (κ3) is 4.94. The number of thioether (sulfide) groups is 1. The summed E-state index contributed by atoms with van der Waals surface area (Å²) in [6.45, 7) is 5.00. The fourth-order valence-electron chi connectivity index (χ4n) is 3.63. The van der Waals surface area contributed by atoms with Crippen molar-refractivity contribution in [3.8, 4) is 5.69 Å². The summed E-state index contributed by atoms with van der Waals surface area (Å²) in [5.74, 6) is 0.577. The van der Waals surface area contributed by atoms with Crippen LogP contribution in [0, 0.1) is 0 Å². The number of para-hydroxylation sites is 1. The summed E-state index contributed by atoms with van der Waals surface area (Å²) in [6, 6.07) is 9.62. The lowest BCUT2D eigenvalue weighted by Crippen LogP contribution is -2.51. The van der Waals surface area contributed by atoms with Crippen LogP contribution in [-0.4, -0.2) is 98.3 Å². The molecule has 0 aliphatic carbocycles. The van der Waals surface area contributed by atoms with Crippen LogP contribution in [0.3, 0.4) is 0 Å². The zero-order valence-electron chi connectivity index (χ0n) is 16.3. The van der Waals surface area contributed by atoms with Gasteiger partial charge in [-0.05, 0) is 35.4 Å². The van der Waals surface area contributed by atoms with Gasteiger partial charge in [-0.1, -0.05) is 30.0 Å². The van der Waals surface area contributed by atoms with E-state index in [0.717, 1.165) is 44.7 Å². The second kappa shape index (κ2) is 9.36. The maximum Gasteiger partial charge on any atom is 0.236 e. The van der Waals surface area contributed by atoms with Gasteiger partial charge in [0.2, 0.25) is 17.0 Å². The van der Waals surface area contributed by atoms with Crippen molar-refractivity contribution in [2.24, 2.45) is 0 Å². The predicted molar refractivity (Wildman–Crippen MR) is 109 cm³/mol. The number of likely N-dealkylation sites (tertiary alicyclic amines) is 1. The lowest BCUT2D eigenvalue weighted by molar-refractivity contribution is -0.133. The standard InChI is InChI=1S/C19H25N7O2S/c27-17(24-8-4-5-9-24)14-23-10-12-25(13-11-23)18(28)15-29-19-20-21-22-26(19)16-6-2-1-3-7-16/h1-3,6-7H,4-5,8-15H2. The smallest absolute Gasteiger partial charge is 0.236 e. The first-order valence-electron chi connectivity index (χ1n) is 9.95. The van der Waals surface area contributed by atoms with Gasteiger partial charge < -0.3 is 9.80 Å². The third-order valence-electron chi connectivity index (χ3n) is 5.31. The first-order valence-corrected chi connectivity index (χ1v) is 10.9. The number of carbonyl (C=O) groups is 2. The molecule has 154 valence electrons. The summed E-state index contributed by atoms with van der Waals surface area (Å²) in [6.07, 6.45) is 2.22. The largest absolute Gasteiger partial charge is 0.342 e. The van der Waals surface area contributed by atoms with E-state index in [2.05, 4.69) is 20.4 Å². The lowest BCUT2D eigenvalue weighted by Gasteiger charge is -2.35. The normalized spacial score (nSPS) is 17.7. The highest BCUT2D eigenvalue weighted by atomic mass is 32.2. The molecule has 0 spiro atoms. The number of rotatable bonds is 6. The molecule has 0 atom stereocenters. The van der Waals surface area contributed by atoms with Crippen LogP contribution >= 0.6 is 11.8 Å². The van der Waals surface area contributed by atoms with Crippen molar-refractivity contribution in [1.29, 1.82) is 0 Å². The Morgan fingerprint density at radius 2 is 1.59 bits per heavy atom. The molecule has 29 heavy (non-hydrogen) atoms. The number of piperazine rings is 1. The van der Waals surface area contributed by atoms with E-state index < -0.39 is 0 Å². The molecule has 2 amide bonds. The minimum absolute atomic E-state index is 0.0723. The van der Waals surface area contributed by atoms with Gasteiger partial charge in [-0.25, -0.2) is 0 Å². The first kappa shape index (κ1) is 19.8. The second-order valence-electron chi connectivity index (χ2n) is 7.24. The molecule has 0 unspecified atom stereocenters. The lowest BCUT2D eigenvalue weighted by atomic mass is 10.3. The summed E-state index contributed by atoms with van der Waals surface area (Å²) < 4.78 is 1.64. The monoisotopic (exact) mass is 415 g/mol. The van der Waals surface area contributed by atoms with E-state index >= 15 is 0 Å². The number of hydrogen-bond acceptors (Lipinski definition) is 7. The number of tetrazole rings is 1. The highest BCUT2D eigenvalue weighted by Gasteiger charge is 2.25. The van der Waals surface area contributed by atoms with E-state index in [1.165, 1.54) is 11.8 Å². The Morgan fingerprint density at radius 1 is 0.897 bits per heavy atom. The van der Waals surface area contributed by atoms with Gasteiger partial charge in [-0.15, -0.1) is 5.10 Å². The molecule has 1 aromatic carbocycles. The molecule has 10 heteroatoms. The topological polar surface area (TPSA) is 87.5 Å². The molecule has 2 saturated heterocycles. The van der Waals surface area contributed by atoms with Gasteiger partial charge in [0.05, 0.1) is 18.0 Å². The molecule has 2 aliphatic heterocycles. The van der Waals surface area contributed by atoms with Gasteiger partial charge in [0.25, 0.3) is 0 Å². The van der Waals surface area contributed by atoms with E-state index in [4.69, 9.17) is 0 Å². The number of aromatic nitrogens is 4. The molecule has 4 rings (SSSR count). The highest BCUT2D eigenvalue weighted by molar-refractivity contribution is 7.99. The van der Waals surface area contributed by atoms with Crippen molar-refractivity contribution in [1.82, 2.24) is 34.9 Å². The zero-order chi connectivity index (χ0) is 20.1. The summed E-state index contributed by atoms with van der Waals surface area (Å²) in [5.41, 5.74) is 0.865. The van der Waals surface area contributed by atoms with Gasteiger partial charge in [0.15, 0.2) is 0 Å². The van der Waals surface area contributed by atoms with Crippen molar-refractivity contribution in [3.05, 3.63) is 30.3 Å². The third-order valence-corrected chi connectivity index (χ3v) is 6.21. The second-order valence-corrected chi connectivity index (χ2v) is 8.18. The van der Waals surface area contributed by atoms with E-state index in [1.807, 2.05) is 40.1 Å². The quantitative estimate of drug-likeness (QED) is 0.636. The number of hydrogen-bond donors (Lipinski definition) is 0. The van der Waals surface area contributed by atoms with Crippen LogP contribution in [0.5, 0.6) is 0 Å². The van der Waals surface area contributed by atoms with E-state index in [0.29, 0.717) is 30.5 Å². The van der Waals surface area contributed by atoms with Gasteiger partial charge in [0, 0.05) is 39.3 Å². The van der Waals surface area contributed by atoms with Crippen molar-refractivity contribution in [2.75, 3.05) is 51.6 Å². The summed E-state index contributed by atoms with van der Waals surface area (Å²) >= 11 is 1.34. The molecule has 0 saturated carbocycles. The SMILES string of the molecule is O=C(CSc1nnnn1-c1ccccc1)N1CCN(CC(=O)N2CCCC2)CC1. The van der Waals surface area contributed by atoms with Crippen LogP contribution in [0.25, 0.3) is 5.69 Å². The molecule has 0 radical (unpaired) electrons. The van der Waals surface area contributed by atoms with E-state index in [9.17, 15) is 9.59 Å². The highest BCUT2D eigenvalue weighted by Crippen LogP contribution is 2.19. The maximum atomic E-state index is 12.6. The molecule has 0 N–H and O–H groups in total. The molecule has 2 aliphatic rings. The number of carbonyl (C=O) groups excluding carboxylic acids is 2. The number of nitrogens with zero attached hydrogens (tertiary/aromatic N) is 7. The molecule has 3 heterocycles. The Hall–Kier alpha value is -2.46. The minimum atomic E-state index is 0.0723. The zero-order valence-corrected chi connectivity index (χ0v) is 17.1. The molecular weight excluding hydrogens is 390 g/mol. The Kier molecular flexibility index (Phi) is 6.40. The predicted octanol–water partition coefficient (Wildman–Crippen LogP) is 0.521. The van der Waals surface area contributed by atoms with Crippen LogP contribution in [0.1, 0.15) is 12.8 Å². The Morgan fingerprint density at radius 3 is 2.31 bits per heavy atom. The molecule has 0 bridgehead atoms. The van der Waals surface area contributed by atoms with Crippen molar-refractivity contribution in [2.45, 2.75) is 18.0 Å². The number of amides is 2. The molecule has 9 nitrogen and oxygen atoms in total. The van der Waals surface area contributed by atoms with Crippen LogP contribution in [0.4, 0.5) is 0 Å². The van der Waals surface area contributed by atoms with Crippen LogP contribution in [0.2, 0.25) is 0 Å². The summed E-state index contributed by atoms with van der Waals surface area (Å²) in [7, 11) is 0.